The van der Waals surface area contributed by atoms with Crippen LogP contribution in [0.4, 0.5) is 14.5 Å². The van der Waals surface area contributed by atoms with Crippen LogP contribution in [0, 0.1) is 31.4 Å². The first-order valence-electron chi connectivity index (χ1n) is 8.44. The number of halogens is 2. The fraction of sp³-hybridized carbons (Fsp3) is 0.400. The van der Waals surface area contributed by atoms with Gasteiger partial charge in [0.2, 0.25) is 0 Å². The lowest BCUT2D eigenvalue weighted by Gasteiger charge is -2.38. The van der Waals surface area contributed by atoms with Gasteiger partial charge in [-0.25, -0.2) is 8.78 Å². The van der Waals surface area contributed by atoms with Crippen molar-refractivity contribution in [3.63, 3.8) is 0 Å². The van der Waals surface area contributed by atoms with Crippen LogP contribution in [0.1, 0.15) is 23.1 Å². The third-order valence-electron chi connectivity index (χ3n) is 4.92. The Bertz CT molecular complexity index is 730. The normalized spacial score (nSPS) is 21.1. The van der Waals surface area contributed by atoms with Gasteiger partial charge in [0.1, 0.15) is 11.6 Å². The summed E-state index contributed by atoms with van der Waals surface area (Å²) in [5.74, 6) is -0.710. The Balaban J connectivity index is 1.76. The van der Waals surface area contributed by atoms with E-state index in [2.05, 4.69) is 32.0 Å². The predicted molar refractivity (Wildman–Crippen MR) is 94.3 cm³/mol. The number of hydrogen-bond donors (Lipinski definition) is 1. The number of benzene rings is 2. The molecule has 1 fully saturated rings. The number of piperidine rings is 1. The lowest BCUT2D eigenvalue weighted by atomic mass is 9.88. The molecule has 3 rings (SSSR count). The van der Waals surface area contributed by atoms with Crippen molar-refractivity contribution in [2.24, 2.45) is 11.7 Å². The van der Waals surface area contributed by atoms with Gasteiger partial charge in [-0.2, -0.15) is 0 Å². The van der Waals surface area contributed by atoms with Crippen molar-refractivity contribution in [2.75, 3.05) is 18.0 Å². The van der Waals surface area contributed by atoms with E-state index in [1.54, 1.807) is 0 Å². The summed E-state index contributed by atoms with van der Waals surface area (Å²) in [6.45, 7) is 5.56. The molecule has 1 aliphatic rings. The summed E-state index contributed by atoms with van der Waals surface area (Å²) in [6.07, 6.45) is 1.85. The van der Waals surface area contributed by atoms with Crippen molar-refractivity contribution in [2.45, 2.75) is 32.7 Å². The maximum atomic E-state index is 14.1. The van der Waals surface area contributed by atoms with Crippen molar-refractivity contribution in [1.82, 2.24) is 0 Å². The van der Waals surface area contributed by atoms with Crippen molar-refractivity contribution in [1.29, 1.82) is 0 Å². The molecule has 0 aromatic heterocycles. The molecule has 0 bridgehead atoms. The maximum absolute atomic E-state index is 14.1. The summed E-state index contributed by atoms with van der Waals surface area (Å²) in [5.41, 5.74) is 10.5. The Hall–Kier alpha value is -1.94. The van der Waals surface area contributed by atoms with Crippen molar-refractivity contribution < 1.29 is 8.78 Å². The second kappa shape index (κ2) is 6.89. The van der Waals surface area contributed by atoms with Gasteiger partial charge in [0.25, 0.3) is 0 Å². The van der Waals surface area contributed by atoms with E-state index in [1.807, 2.05) is 4.90 Å². The molecule has 1 aliphatic heterocycles. The van der Waals surface area contributed by atoms with Gasteiger partial charge in [-0.15, -0.1) is 0 Å². The first-order chi connectivity index (χ1) is 11.4. The van der Waals surface area contributed by atoms with E-state index in [1.165, 1.54) is 28.8 Å². The lowest BCUT2D eigenvalue weighted by Crippen LogP contribution is -2.48. The minimum absolute atomic E-state index is 0.000233. The SMILES string of the molecule is Cc1ccc(CC2CC(N)CN(c3ccc(F)cc3F)C2)cc1C. The maximum Gasteiger partial charge on any atom is 0.149 e. The Morgan fingerprint density at radius 1 is 1.04 bits per heavy atom. The second-order valence-corrected chi connectivity index (χ2v) is 6.99. The topological polar surface area (TPSA) is 29.3 Å². The van der Waals surface area contributed by atoms with Crippen LogP contribution in [-0.4, -0.2) is 19.1 Å². The first kappa shape index (κ1) is 16.9. The van der Waals surface area contributed by atoms with Crippen LogP contribution in [0.2, 0.25) is 0 Å². The highest BCUT2D eigenvalue weighted by Crippen LogP contribution is 2.28. The molecule has 2 N–H and O–H groups in total. The van der Waals surface area contributed by atoms with E-state index in [0.29, 0.717) is 18.2 Å². The summed E-state index contributed by atoms with van der Waals surface area (Å²) >= 11 is 0. The molecule has 0 spiro atoms. The third-order valence-corrected chi connectivity index (χ3v) is 4.92. The summed E-state index contributed by atoms with van der Waals surface area (Å²) in [5, 5.41) is 0. The van der Waals surface area contributed by atoms with E-state index in [-0.39, 0.29) is 6.04 Å². The van der Waals surface area contributed by atoms with E-state index < -0.39 is 11.6 Å². The smallest absolute Gasteiger partial charge is 0.149 e. The Kier molecular flexibility index (Phi) is 4.86. The molecule has 0 amide bonds. The molecule has 0 saturated carbocycles. The third kappa shape index (κ3) is 3.75. The van der Waals surface area contributed by atoms with E-state index >= 15 is 0 Å². The summed E-state index contributed by atoms with van der Waals surface area (Å²) in [7, 11) is 0. The van der Waals surface area contributed by atoms with Crippen LogP contribution in [-0.2, 0) is 6.42 Å². The zero-order valence-corrected chi connectivity index (χ0v) is 14.2. The van der Waals surface area contributed by atoms with E-state index in [0.717, 1.165) is 25.5 Å². The molecule has 0 radical (unpaired) electrons. The molecule has 0 aliphatic carbocycles. The zero-order chi connectivity index (χ0) is 17.3. The quantitative estimate of drug-likeness (QED) is 0.922. The fourth-order valence-electron chi connectivity index (χ4n) is 3.59. The van der Waals surface area contributed by atoms with Gasteiger partial charge in [0, 0.05) is 25.2 Å². The molecule has 128 valence electrons. The van der Waals surface area contributed by atoms with Gasteiger partial charge in [-0.05, 0) is 61.4 Å². The summed E-state index contributed by atoms with van der Waals surface area (Å²) < 4.78 is 27.2. The molecular formula is C20H24F2N2. The summed E-state index contributed by atoms with van der Waals surface area (Å²) in [6, 6.07) is 10.3. The largest absolute Gasteiger partial charge is 0.367 e. The van der Waals surface area contributed by atoms with Crippen LogP contribution in [0.15, 0.2) is 36.4 Å². The molecule has 2 nitrogen and oxygen atoms in total. The Morgan fingerprint density at radius 2 is 1.83 bits per heavy atom. The molecule has 1 heterocycles. The van der Waals surface area contributed by atoms with E-state index in [9.17, 15) is 8.78 Å². The second-order valence-electron chi connectivity index (χ2n) is 6.99. The zero-order valence-electron chi connectivity index (χ0n) is 14.2. The molecule has 2 atom stereocenters. The molecule has 2 aromatic rings. The van der Waals surface area contributed by atoms with Crippen molar-refractivity contribution in [3.05, 3.63) is 64.7 Å². The van der Waals surface area contributed by atoms with Crippen LogP contribution in [0.5, 0.6) is 0 Å². The highest BCUT2D eigenvalue weighted by molar-refractivity contribution is 5.48. The monoisotopic (exact) mass is 330 g/mol. The van der Waals surface area contributed by atoms with Crippen molar-refractivity contribution in [3.8, 4) is 0 Å². The number of rotatable bonds is 3. The highest BCUT2D eigenvalue weighted by atomic mass is 19.1. The standard InChI is InChI=1S/C20H24F2N2/c1-13-3-4-15(7-14(13)2)8-16-9-18(23)12-24(11-16)20-6-5-17(21)10-19(20)22/h3-7,10,16,18H,8-9,11-12,23H2,1-2H3. The number of hydrogen-bond acceptors (Lipinski definition) is 2. The number of nitrogens with zero attached hydrogens (tertiary/aromatic N) is 1. The van der Waals surface area contributed by atoms with Gasteiger partial charge in [0.15, 0.2) is 0 Å². The highest BCUT2D eigenvalue weighted by Gasteiger charge is 2.27. The first-order valence-corrected chi connectivity index (χ1v) is 8.44. The average Bonchev–Trinajstić information content (AvgIpc) is 2.50. The molecule has 24 heavy (non-hydrogen) atoms. The van der Waals surface area contributed by atoms with Gasteiger partial charge < -0.3 is 10.6 Å². The minimum atomic E-state index is -0.552. The van der Waals surface area contributed by atoms with Gasteiger partial charge in [-0.3, -0.25) is 0 Å². The molecular weight excluding hydrogens is 306 g/mol. The lowest BCUT2D eigenvalue weighted by molar-refractivity contribution is 0.372. The Morgan fingerprint density at radius 3 is 2.54 bits per heavy atom. The van der Waals surface area contributed by atoms with Crippen molar-refractivity contribution >= 4 is 5.69 Å². The van der Waals surface area contributed by atoms with Crippen LogP contribution in [0.25, 0.3) is 0 Å². The van der Waals surface area contributed by atoms with Crippen LogP contribution < -0.4 is 10.6 Å². The van der Waals surface area contributed by atoms with E-state index in [4.69, 9.17) is 5.73 Å². The number of nitrogens with two attached hydrogens (primary N) is 1. The molecule has 2 aromatic carbocycles. The fourth-order valence-corrected chi connectivity index (χ4v) is 3.59. The van der Waals surface area contributed by atoms with Crippen LogP contribution >= 0.6 is 0 Å². The molecule has 4 heteroatoms. The average molecular weight is 330 g/mol. The number of aryl methyl sites for hydroxylation is 2. The summed E-state index contributed by atoms with van der Waals surface area (Å²) in [4.78, 5) is 1.95. The van der Waals surface area contributed by atoms with Gasteiger partial charge >= 0.3 is 0 Å². The minimum Gasteiger partial charge on any atom is -0.367 e. The molecule has 1 saturated heterocycles. The molecule has 2 unspecified atom stereocenters. The number of anilines is 1. The Labute approximate surface area is 142 Å². The predicted octanol–water partition coefficient (Wildman–Crippen LogP) is 3.98. The van der Waals surface area contributed by atoms with Gasteiger partial charge in [-0.1, -0.05) is 18.2 Å². The van der Waals surface area contributed by atoms with Crippen LogP contribution in [0.3, 0.4) is 0 Å². The van der Waals surface area contributed by atoms with Gasteiger partial charge in [0.05, 0.1) is 5.69 Å².